The van der Waals surface area contributed by atoms with Gasteiger partial charge in [0.2, 0.25) is 15.9 Å². The van der Waals surface area contributed by atoms with E-state index in [9.17, 15) is 13.2 Å². The lowest BCUT2D eigenvalue weighted by Crippen LogP contribution is -2.42. The summed E-state index contributed by atoms with van der Waals surface area (Å²) < 4.78 is 27.2. The van der Waals surface area contributed by atoms with Crippen LogP contribution < -0.4 is 5.32 Å². The second-order valence-electron chi connectivity index (χ2n) is 6.76. The summed E-state index contributed by atoms with van der Waals surface area (Å²) in [6.07, 6.45) is 1.46. The maximum Gasteiger partial charge on any atom is 0.243 e. The highest BCUT2D eigenvalue weighted by Crippen LogP contribution is 2.32. The van der Waals surface area contributed by atoms with E-state index in [4.69, 9.17) is 16.9 Å². The van der Waals surface area contributed by atoms with Gasteiger partial charge in [0, 0.05) is 11.1 Å². The molecule has 0 spiro atoms. The van der Waals surface area contributed by atoms with E-state index in [0.717, 1.165) is 18.4 Å². The van der Waals surface area contributed by atoms with Crippen LogP contribution in [0.1, 0.15) is 36.9 Å². The molecule has 0 heterocycles. The molecule has 3 rings (SSSR count). The Labute approximate surface area is 169 Å². The van der Waals surface area contributed by atoms with Crippen molar-refractivity contribution in [2.45, 2.75) is 36.7 Å². The molecular weight excluding hydrogens is 398 g/mol. The summed E-state index contributed by atoms with van der Waals surface area (Å²) in [5, 5.41) is 12.3. The SMILES string of the molecule is CC(NC(=O)CN(C1CC1)S(=O)(=O)c1ccc(C#N)cc1)c1ccc(Cl)cc1. The largest absolute Gasteiger partial charge is 0.348 e. The molecule has 146 valence electrons. The molecule has 6 nitrogen and oxygen atoms in total. The normalized spacial score (nSPS) is 15.1. The fourth-order valence-corrected chi connectivity index (χ4v) is 4.64. The van der Waals surface area contributed by atoms with Crippen molar-refractivity contribution in [3.63, 3.8) is 0 Å². The number of carbonyl (C=O) groups excluding carboxylic acids is 1. The molecule has 1 saturated carbocycles. The molecule has 0 radical (unpaired) electrons. The number of sulfonamides is 1. The highest BCUT2D eigenvalue weighted by molar-refractivity contribution is 7.89. The summed E-state index contributed by atoms with van der Waals surface area (Å²) in [6, 6.07) is 14.4. The molecule has 1 fully saturated rings. The van der Waals surface area contributed by atoms with E-state index >= 15 is 0 Å². The molecule has 0 aromatic heterocycles. The van der Waals surface area contributed by atoms with E-state index in [0.29, 0.717) is 10.6 Å². The number of benzene rings is 2. The highest BCUT2D eigenvalue weighted by atomic mass is 35.5. The van der Waals surface area contributed by atoms with Gasteiger partial charge in [-0.1, -0.05) is 23.7 Å². The molecule has 8 heteroatoms. The lowest BCUT2D eigenvalue weighted by Gasteiger charge is -2.23. The second kappa shape index (κ2) is 8.31. The summed E-state index contributed by atoms with van der Waals surface area (Å²) in [5.41, 5.74) is 1.26. The maximum absolute atomic E-state index is 13.0. The Morgan fingerprint density at radius 3 is 2.36 bits per heavy atom. The Balaban J connectivity index is 1.72. The molecule has 1 amide bonds. The van der Waals surface area contributed by atoms with Gasteiger partial charge in [0.05, 0.1) is 29.1 Å². The van der Waals surface area contributed by atoms with E-state index in [1.807, 2.05) is 25.1 Å². The minimum atomic E-state index is -3.82. The third-order valence-corrected chi connectivity index (χ3v) is 6.76. The lowest BCUT2D eigenvalue weighted by molar-refractivity contribution is -0.122. The number of nitriles is 1. The predicted molar refractivity (Wildman–Crippen MR) is 106 cm³/mol. The Bertz CT molecular complexity index is 994. The van der Waals surface area contributed by atoms with Crippen molar-refractivity contribution in [2.75, 3.05) is 6.54 Å². The predicted octanol–water partition coefficient (Wildman–Crippen LogP) is 3.24. The van der Waals surface area contributed by atoms with Crippen LogP contribution in [0.2, 0.25) is 5.02 Å². The van der Waals surface area contributed by atoms with Gasteiger partial charge in [-0.05, 0) is 61.7 Å². The monoisotopic (exact) mass is 417 g/mol. The molecular formula is C20H20ClN3O3S. The number of hydrogen-bond donors (Lipinski definition) is 1. The van der Waals surface area contributed by atoms with E-state index in [-0.39, 0.29) is 29.4 Å². The van der Waals surface area contributed by atoms with E-state index < -0.39 is 10.0 Å². The van der Waals surface area contributed by atoms with Crippen LogP contribution in [-0.2, 0) is 14.8 Å². The molecule has 1 aliphatic carbocycles. The number of halogens is 1. The first-order chi connectivity index (χ1) is 13.3. The first-order valence-corrected chi connectivity index (χ1v) is 10.7. The third-order valence-electron chi connectivity index (χ3n) is 4.59. The molecule has 1 N–H and O–H groups in total. The zero-order chi connectivity index (χ0) is 20.3. The molecule has 1 unspecified atom stereocenters. The van der Waals surface area contributed by atoms with Crippen molar-refractivity contribution in [1.82, 2.24) is 9.62 Å². The summed E-state index contributed by atoms with van der Waals surface area (Å²) in [7, 11) is -3.82. The Kier molecular flexibility index (Phi) is 6.04. The average Bonchev–Trinajstić information content (AvgIpc) is 3.51. The molecule has 28 heavy (non-hydrogen) atoms. The van der Waals surface area contributed by atoms with E-state index in [1.165, 1.54) is 28.6 Å². The quantitative estimate of drug-likeness (QED) is 0.748. The molecule has 0 saturated heterocycles. The summed E-state index contributed by atoms with van der Waals surface area (Å²) in [5.74, 6) is -0.369. The Hall–Kier alpha value is -2.40. The topological polar surface area (TPSA) is 90.3 Å². The first kappa shape index (κ1) is 20.3. The molecule has 2 aromatic carbocycles. The van der Waals surface area contributed by atoms with Gasteiger partial charge >= 0.3 is 0 Å². The van der Waals surface area contributed by atoms with Gasteiger partial charge in [-0.3, -0.25) is 4.79 Å². The molecule has 0 bridgehead atoms. The maximum atomic E-state index is 13.0. The number of rotatable bonds is 7. The molecule has 2 aromatic rings. The van der Waals surface area contributed by atoms with Crippen molar-refractivity contribution >= 4 is 27.5 Å². The zero-order valence-electron chi connectivity index (χ0n) is 15.3. The Morgan fingerprint density at radius 2 is 1.82 bits per heavy atom. The number of nitrogens with zero attached hydrogens (tertiary/aromatic N) is 2. The smallest absolute Gasteiger partial charge is 0.243 e. The van der Waals surface area contributed by atoms with Gasteiger partial charge < -0.3 is 5.32 Å². The van der Waals surface area contributed by atoms with Crippen LogP contribution in [0.4, 0.5) is 0 Å². The number of amides is 1. The van der Waals surface area contributed by atoms with Gasteiger partial charge in [0.15, 0.2) is 0 Å². The van der Waals surface area contributed by atoms with Crippen LogP contribution >= 0.6 is 11.6 Å². The fourth-order valence-electron chi connectivity index (χ4n) is 2.87. The summed E-state index contributed by atoms with van der Waals surface area (Å²) >= 11 is 5.88. The van der Waals surface area contributed by atoms with Gasteiger partial charge in [-0.15, -0.1) is 0 Å². The van der Waals surface area contributed by atoms with Crippen molar-refractivity contribution in [3.8, 4) is 6.07 Å². The number of nitrogens with one attached hydrogen (secondary N) is 1. The van der Waals surface area contributed by atoms with Crippen LogP contribution in [0.3, 0.4) is 0 Å². The van der Waals surface area contributed by atoms with Crippen LogP contribution in [0, 0.1) is 11.3 Å². The van der Waals surface area contributed by atoms with Crippen LogP contribution in [0.5, 0.6) is 0 Å². The minimum Gasteiger partial charge on any atom is -0.348 e. The van der Waals surface area contributed by atoms with Crippen molar-refractivity contribution in [3.05, 3.63) is 64.7 Å². The standard InChI is InChI=1S/C20H20ClN3O3S/c1-14(16-4-6-17(21)7-5-16)23-20(25)13-24(18-8-9-18)28(26,27)19-10-2-15(12-22)3-11-19/h2-7,10-11,14,18H,8-9,13H2,1H3,(H,23,25). The fraction of sp³-hybridized carbons (Fsp3) is 0.300. The number of hydrogen-bond acceptors (Lipinski definition) is 4. The number of carbonyl (C=O) groups is 1. The summed E-state index contributed by atoms with van der Waals surface area (Å²) in [6.45, 7) is 1.59. The van der Waals surface area contributed by atoms with Crippen LogP contribution in [0.15, 0.2) is 53.4 Å². The molecule has 1 atom stereocenters. The van der Waals surface area contributed by atoms with Gasteiger partial charge in [0.25, 0.3) is 0 Å². The summed E-state index contributed by atoms with van der Waals surface area (Å²) in [4.78, 5) is 12.6. The minimum absolute atomic E-state index is 0.0805. The van der Waals surface area contributed by atoms with Gasteiger partial charge in [0.1, 0.15) is 0 Å². The zero-order valence-corrected chi connectivity index (χ0v) is 16.9. The highest BCUT2D eigenvalue weighted by Gasteiger charge is 2.39. The average molecular weight is 418 g/mol. The van der Waals surface area contributed by atoms with Crippen molar-refractivity contribution in [1.29, 1.82) is 5.26 Å². The third kappa shape index (κ3) is 4.71. The van der Waals surface area contributed by atoms with Gasteiger partial charge in [-0.25, -0.2) is 8.42 Å². The van der Waals surface area contributed by atoms with Crippen molar-refractivity contribution < 1.29 is 13.2 Å². The lowest BCUT2D eigenvalue weighted by atomic mass is 10.1. The molecule has 1 aliphatic rings. The van der Waals surface area contributed by atoms with Crippen molar-refractivity contribution in [2.24, 2.45) is 0 Å². The van der Waals surface area contributed by atoms with Crippen LogP contribution in [0.25, 0.3) is 0 Å². The first-order valence-electron chi connectivity index (χ1n) is 8.88. The second-order valence-corrected chi connectivity index (χ2v) is 9.09. The van der Waals surface area contributed by atoms with Crippen LogP contribution in [-0.4, -0.2) is 31.2 Å². The van der Waals surface area contributed by atoms with E-state index in [1.54, 1.807) is 12.1 Å². The Morgan fingerprint density at radius 1 is 1.21 bits per heavy atom. The molecule has 0 aliphatic heterocycles. The van der Waals surface area contributed by atoms with E-state index in [2.05, 4.69) is 5.32 Å². The van der Waals surface area contributed by atoms with Gasteiger partial charge in [-0.2, -0.15) is 9.57 Å².